The summed E-state index contributed by atoms with van der Waals surface area (Å²) in [4.78, 5) is 11.7. The maximum Gasteiger partial charge on any atom is 0.193 e. The molecular formula is C12H16O3S. The summed E-state index contributed by atoms with van der Waals surface area (Å²) in [5.74, 6) is 1.04. The Labute approximate surface area is 101 Å². The number of thiol groups is 1. The van der Waals surface area contributed by atoms with Crippen LogP contribution in [0.25, 0.3) is 0 Å². The van der Waals surface area contributed by atoms with Crippen molar-refractivity contribution in [3.8, 4) is 5.75 Å². The topological polar surface area (TPSA) is 46.5 Å². The summed E-state index contributed by atoms with van der Waals surface area (Å²) in [6.07, 6.45) is 0. The van der Waals surface area contributed by atoms with E-state index in [1.54, 1.807) is 24.3 Å². The molecule has 1 N–H and O–H groups in total. The van der Waals surface area contributed by atoms with E-state index in [1.807, 2.05) is 0 Å². The van der Waals surface area contributed by atoms with Crippen LogP contribution in [0.3, 0.4) is 0 Å². The molecule has 0 amide bonds. The predicted molar refractivity (Wildman–Crippen MR) is 66.4 cm³/mol. The van der Waals surface area contributed by atoms with E-state index in [0.717, 1.165) is 0 Å². The lowest BCUT2D eigenvalue weighted by atomic mass is 9.97. The van der Waals surface area contributed by atoms with Gasteiger partial charge in [0.1, 0.15) is 11.4 Å². The highest BCUT2D eigenvalue weighted by atomic mass is 32.1. The van der Waals surface area contributed by atoms with Crippen molar-refractivity contribution in [1.82, 2.24) is 0 Å². The van der Waals surface area contributed by atoms with E-state index >= 15 is 0 Å². The van der Waals surface area contributed by atoms with Crippen molar-refractivity contribution in [3.05, 3.63) is 29.8 Å². The summed E-state index contributed by atoms with van der Waals surface area (Å²) in [5, 5.41) is 9.56. The van der Waals surface area contributed by atoms with Gasteiger partial charge in [-0.1, -0.05) is 0 Å². The first-order chi connectivity index (χ1) is 7.45. The molecule has 0 heterocycles. The molecule has 0 aromatic heterocycles. The second-order valence-electron chi connectivity index (χ2n) is 3.98. The summed E-state index contributed by atoms with van der Waals surface area (Å²) in [7, 11) is 0. The summed E-state index contributed by atoms with van der Waals surface area (Å²) in [5.41, 5.74) is -0.862. The molecule has 0 saturated heterocycles. The number of benzene rings is 1. The van der Waals surface area contributed by atoms with E-state index in [4.69, 9.17) is 4.74 Å². The molecule has 0 aliphatic heterocycles. The second kappa shape index (κ2) is 5.37. The maximum absolute atomic E-state index is 11.7. The third kappa shape index (κ3) is 3.54. The number of rotatable bonds is 5. The lowest BCUT2D eigenvalue weighted by Crippen LogP contribution is -2.30. The van der Waals surface area contributed by atoms with E-state index in [0.29, 0.717) is 23.7 Å². The number of hydrogen-bond acceptors (Lipinski definition) is 4. The van der Waals surface area contributed by atoms with Crippen molar-refractivity contribution < 1.29 is 14.6 Å². The van der Waals surface area contributed by atoms with E-state index < -0.39 is 5.60 Å². The summed E-state index contributed by atoms with van der Waals surface area (Å²) >= 11 is 4.03. The van der Waals surface area contributed by atoms with Crippen molar-refractivity contribution in [2.75, 3.05) is 12.4 Å². The minimum Gasteiger partial charge on any atom is -0.493 e. The lowest BCUT2D eigenvalue weighted by molar-refractivity contribution is 0.0488. The largest absolute Gasteiger partial charge is 0.493 e. The third-order valence-corrected chi connectivity index (χ3v) is 2.21. The van der Waals surface area contributed by atoms with Crippen molar-refractivity contribution in [3.63, 3.8) is 0 Å². The first kappa shape index (κ1) is 13.1. The summed E-state index contributed by atoms with van der Waals surface area (Å²) in [6, 6.07) is 6.72. The van der Waals surface area contributed by atoms with Crippen LogP contribution in [0.4, 0.5) is 0 Å². The van der Waals surface area contributed by atoms with Crippen molar-refractivity contribution in [1.29, 1.82) is 0 Å². The highest BCUT2D eigenvalue weighted by Crippen LogP contribution is 2.17. The minimum absolute atomic E-state index is 0.298. The molecule has 0 bridgehead atoms. The Morgan fingerprint density at radius 3 is 2.38 bits per heavy atom. The molecule has 1 aromatic carbocycles. The molecular weight excluding hydrogens is 224 g/mol. The Bertz CT molecular complexity index is 352. The second-order valence-corrected chi connectivity index (χ2v) is 4.43. The minimum atomic E-state index is -1.34. The predicted octanol–water partition coefficient (Wildman–Crippen LogP) is 1.95. The third-order valence-electron chi connectivity index (χ3n) is 2.03. The molecule has 1 aromatic rings. The molecule has 0 unspecified atom stereocenters. The van der Waals surface area contributed by atoms with Gasteiger partial charge in [0.25, 0.3) is 0 Å². The first-order valence-corrected chi connectivity index (χ1v) is 5.69. The highest BCUT2D eigenvalue weighted by Gasteiger charge is 2.24. The number of hydrogen-bond donors (Lipinski definition) is 2. The fourth-order valence-corrected chi connectivity index (χ4v) is 1.31. The van der Waals surface area contributed by atoms with E-state index in [2.05, 4.69) is 12.6 Å². The van der Waals surface area contributed by atoms with Gasteiger partial charge in [-0.15, -0.1) is 0 Å². The number of carbonyl (C=O) groups excluding carboxylic acids is 1. The number of carbonyl (C=O) groups is 1. The number of ether oxygens (including phenoxy) is 1. The maximum atomic E-state index is 11.7. The van der Waals surface area contributed by atoms with Gasteiger partial charge >= 0.3 is 0 Å². The SMILES string of the molecule is CC(C)(O)C(=O)c1ccc(OCCS)cc1. The van der Waals surface area contributed by atoms with Crippen LogP contribution in [0.1, 0.15) is 24.2 Å². The van der Waals surface area contributed by atoms with Crippen LogP contribution < -0.4 is 4.74 Å². The van der Waals surface area contributed by atoms with Gasteiger partial charge in [0, 0.05) is 11.3 Å². The number of Topliss-reactive ketones (excluding diaryl/α,β-unsaturated/α-hetero) is 1. The van der Waals surface area contributed by atoms with Crippen LogP contribution >= 0.6 is 12.6 Å². The molecule has 0 fully saturated rings. The fraction of sp³-hybridized carbons (Fsp3) is 0.417. The molecule has 0 aliphatic carbocycles. The Kier molecular flexibility index (Phi) is 4.38. The Balaban J connectivity index is 2.75. The molecule has 0 saturated carbocycles. The molecule has 16 heavy (non-hydrogen) atoms. The monoisotopic (exact) mass is 240 g/mol. The van der Waals surface area contributed by atoms with Gasteiger partial charge in [-0.3, -0.25) is 4.79 Å². The number of ketones is 1. The Morgan fingerprint density at radius 1 is 1.38 bits per heavy atom. The molecule has 4 heteroatoms. The summed E-state index contributed by atoms with van der Waals surface area (Å²) < 4.78 is 5.33. The zero-order valence-electron chi connectivity index (χ0n) is 9.43. The van der Waals surface area contributed by atoms with Gasteiger partial charge in [0.15, 0.2) is 5.78 Å². The van der Waals surface area contributed by atoms with Gasteiger partial charge in [-0.05, 0) is 38.1 Å². The zero-order valence-corrected chi connectivity index (χ0v) is 10.3. The number of aliphatic hydroxyl groups is 1. The lowest BCUT2D eigenvalue weighted by Gasteiger charge is -2.15. The van der Waals surface area contributed by atoms with Gasteiger partial charge in [0.05, 0.1) is 6.61 Å². The average molecular weight is 240 g/mol. The highest BCUT2D eigenvalue weighted by molar-refractivity contribution is 7.80. The van der Waals surface area contributed by atoms with Crippen LogP contribution in [-0.4, -0.2) is 28.9 Å². The van der Waals surface area contributed by atoms with E-state index in [-0.39, 0.29) is 5.78 Å². The molecule has 0 radical (unpaired) electrons. The molecule has 3 nitrogen and oxygen atoms in total. The van der Waals surface area contributed by atoms with Crippen LogP contribution in [0.2, 0.25) is 0 Å². The first-order valence-electron chi connectivity index (χ1n) is 5.06. The van der Waals surface area contributed by atoms with Crippen LogP contribution in [0, 0.1) is 0 Å². The van der Waals surface area contributed by atoms with Crippen molar-refractivity contribution in [2.24, 2.45) is 0 Å². The van der Waals surface area contributed by atoms with Crippen LogP contribution in [0.15, 0.2) is 24.3 Å². The van der Waals surface area contributed by atoms with E-state index in [1.165, 1.54) is 13.8 Å². The van der Waals surface area contributed by atoms with Gasteiger partial charge in [-0.2, -0.15) is 12.6 Å². The van der Waals surface area contributed by atoms with Gasteiger partial charge < -0.3 is 9.84 Å². The standard InChI is InChI=1S/C12H16O3S/c1-12(2,14)11(13)9-3-5-10(6-4-9)15-7-8-16/h3-6,14,16H,7-8H2,1-2H3. The van der Waals surface area contributed by atoms with Crippen LogP contribution in [0.5, 0.6) is 5.75 Å². The normalized spacial score (nSPS) is 11.2. The van der Waals surface area contributed by atoms with Crippen molar-refractivity contribution >= 4 is 18.4 Å². The molecule has 0 aliphatic rings. The zero-order chi connectivity index (χ0) is 12.2. The smallest absolute Gasteiger partial charge is 0.193 e. The average Bonchev–Trinajstić information content (AvgIpc) is 2.25. The van der Waals surface area contributed by atoms with Crippen molar-refractivity contribution in [2.45, 2.75) is 19.4 Å². The fourth-order valence-electron chi connectivity index (χ4n) is 1.22. The molecule has 0 atom stereocenters. The van der Waals surface area contributed by atoms with E-state index in [9.17, 15) is 9.90 Å². The summed E-state index contributed by atoms with van der Waals surface area (Å²) in [6.45, 7) is 3.48. The van der Waals surface area contributed by atoms with Crippen LogP contribution in [-0.2, 0) is 0 Å². The Morgan fingerprint density at radius 2 is 1.94 bits per heavy atom. The molecule has 0 spiro atoms. The Hall–Kier alpha value is -1.00. The molecule has 1 rings (SSSR count). The molecule has 88 valence electrons. The quantitative estimate of drug-likeness (QED) is 0.611. The van der Waals surface area contributed by atoms with Gasteiger partial charge in [-0.25, -0.2) is 0 Å². The van der Waals surface area contributed by atoms with Gasteiger partial charge in [0.2, 0.25) is 0 Å².